The van der Waals surface area contributed by atoms with Crippen LogP contribution < -0.4 is 18.1 Å². The second kappa shape index (κ2) is 6.60. The van der Waals surface area contributed by atoms with Crippen molar-refractivity contribution in [2.45, 2.75) is 52.5 Å². The van der Waals surface area contributed by atoms with E-state index >= 15 is 0 Å². The molecule has 2 nitrogen and oxygen atoms in total. The molecule has 1 rings (SSSR count). The van der Waals surface area contributed by atoms with Crippen LogP contribution >= 0.6 is 12.4 Å². The number of likely N-dealkylation sites (tertiary alicyclic amines) is 1. The first kappa shape index (κ1) is 19.8. The van der Waals surface area contributed by atoms with Crippen LogP contribution in [-0.4, -0.2) is 36.7 Å². The van der Waals surface area contributed by atoms with E-state index in [0.717, 1.165) is 6.42 Å². The maximum Gasteiger partial charge on any atom is 0.0802 e. The molecule has 1 fully saturated rings. The molecule has 0 unspecified atom stereocenters. The van der Waals surface area contributed by atoms with Crippen LogP contribution in [0.15, 0.2) is 0 Å². The summed E-state index contributed by atoms with van der Waals surface area (Å²) in [6, 6.07) is 0. The fraction of sp³-hybridized carbons (Fsp3) is 1.00. The van der Waals surface area contributed by atoms with Gasteiger partial charge in [-0.1, -0.05) is 13.8 Å². The van der Waals surface area contributed by atoms with Crippen molar-refractivity contribution in [3.05, 3.63) is 0 Å². The quantitative estimate of drug-likeness (QED) is 0.715. The van der Waals surface area contributed by atoms with E-state index in [0.29, 0.717) is 5.41 Å². The van der Waals surface area contributed by atoms with Crippen LogP contribution in [0.3, 0.4) is 0 Å². The lowest BCUT2D eigenvalue weighted by molar-refractivity contribution is -0.916. The molecule has 0 atom stereocenters. The van der Waals surface area contributed by atoms with Gasteiger partial charge in [0.15, 0.2) is 0 Å². The standard InChI is InChI=1S/C13H29N2.2ClH/c1-12(2)6-9-15(5,10-7-12)11-8-13(3,4)14;;/h6-11,14H2,1-5H3;2*1H/q+1;;/p-1. The molecular formula is C13H30Cl2N2. The molecule has 1 saturated heterocycles. The first-order chi connectivity index (χ1) is 6.62. The molecule has 1 heterocycles. The smallest absolute Gasteiger partial charge is 0.0802 e. The Hall–Kier alpha value is 0.500. The average molecular weight is 285 g/mol. The van der Waals surface area contributed by atoms with Crippen molar-refractivity contribution in [3.63, 3.8) is 0 Å². The van der Waals surface area contributed by atoms with Gasteiger partial charge in [0.2, 0.25) is 0 Å². The Morgan fingerprint density at radius 3 is 1.94 bits per heavy atom. The first-order valence-electron chi connectivity index (χ1n) is 6.25. The number of halogens is 2. The zero-order valence-corrected chi connectivity index (χ0v) is 13.6. The average Bonchev–Trinajstić information content (AvgIpc) is 2.07. The maximum atomic E-state index is 6.05. The van der Waals surface area contributed by atoms with Crippen molar-refractivity contribution in [1.29, 1.82) is 0 Å². The topological polar surface area (TPSA) is 26.0 Å². The lowest BCUT2D eigenvalue weighted by Crippen LogP contribution is -3.00. The van der Waals surface area contributed by atoms with Crippen LogP contribution in [0.1, 0.15) is 47.0 Å². The molecule has 106 valence electrons. The van der Waals surface area contributed by atoms with E-state index in [1.165, 1.54) is 37.0 Å². The SMILES string of the molecule is CC(C)(N)CC[N+]1(C)CCC(C)(C)CC1.Cl.[Cl-]. The summed E-state index contributed by atoms with van der Waals surface area (Å²) in [5.41, 5.74) is 6.61. The third-order valence-corrected chi connectivity index (χ3v) is 3.95. The number of nitrogens with two attached hydrogens (primary N) is 1. The summed E-state index contributed by atoms with van der Waals surface area (Å²) >= 11 is 0. The van der Waals surface area contributed by atoms with Gasteiger partial charge in [-0.25, -0.2) is 0 Å². The minimum absolute atomic E-state index is 0. The lowest BCUT2D eigenvalue weighted by Gasteiger charge is -2.44. The number of nitrogens with zero attached hydrogens (tertiary/aromatic N) is 1. The van der Waals surface area contributed by atoms with Gasteiger partial charge in [0.1, 0.15) is 0 Å². The Labute approximate surface area is 120 Å². The minimum Gasteiger partial charge on any atom is -1.00 e. The molecule has 0 radical (unpaired) electrons. The van der Waals surface area contributed by atoms with Gasteiger partial charge in [-0.3, -0.25) is 0 Å². The lowest BCUT2D eigenvalue weighted by atomic mass is 9.81. The molecule has 0 aromatic rings. The highest BCUT2D eigenvalue weighted by molar-refractivity contribution is 5.85. The van der Waals surface area contributed by atoms with Crippen molar-refractivity contribution in [1.82, 2.24) is 0 Å². The maximum absolute atomic E-state index is 6.05. The van der Waals surface area contributed by atoms with Gasteiger partial charge in [0.25, 0.3) is 0 Å². The van der Waals surface area contributed by atoms with Crippen LogP contribution in [0.2, 0.25) is 0 Å². The van der Waals surface area contributed by atoms with Gasteiger partial charge in [-0.15, -0.1) is 12.4 Å². The molecule has 4 heteroatoms. The third-order valence-electron chi connectivity index (χ3n) is 3.95. The zero-order chi connectivity index (χ0) is 11.7. The van der Waals surface area contributed by atoms with E-state index in [9.17, 15) is 0 Å². The molecule has 0 bridgehead atoms. The number of hydrogen-bond donors (Lipinski definition) is 1. The van der Waals surface area contributed by atoms with Crippen LogP contribution in [0, 0.1) is 5.41 Å². The van der Waals surface area contributed by atoms with Crippen molar-refractivity contribution < 1.29 is 16.9 Å². The highest BCUT2D eigenvalue weighted by Gasteiger charge is 2.34. The van der Waals surface area contributed by atoms with Crippen molar-refractivity contribution in [2.75, 3.05) is 26.7 Å². The zero-order valence-electron chi connectivity index (χ0n) is 12.1. The number of rotatable bonds is 3. The minimum atomic E-state index is -0.00573. The summed E-state index contributed by atoms with van der Waals surface area (Å²) < 4.78 is 1.23. The largest absolute Gasteiger partial charge is 1.00 e. The number of hydrogen-bond acceptors (Lipinski definition) is 1. The Kier molecular flexibility index (Phi) is 7.70. The first-order valence-corrected chi connectivity index (χ1v) is 6.25. The summed E-state index contributed by atoms with van der Waals surface area (Å²) in [6.45, 7) is 12.9. The molecule has 1 aliphatic rings. The number of quaternary nitrogens is 1. The van der Waals surface area contributed by atoms with E-state index in [1.54, 1.807) is 0 Å². The molecule has 0 aliphatic carbocycles. The van der Waals surface area contributed by atoms with Crippen LogP contribution in [0.5, 0.6) is 0 Å². The van der Waals surface area contributed by atoms with Gasteiger partial charge >= 0.3 is 0 Å². The van der Waals surface area contributed by atoms with Gasteiger partial charge in [0.05, 0.1) is 26.7 Å². The second-order valence-corrected chi connectivity index (χ2v) is 7.19. The third kappa shape index (κ3) is 7.50. The molecule has 0 aromatic heterocycles. The Morgan fingerprint density at radius 1 is 1.18 bits per heavy atom. The fourth-order valence-corrected chi connectivity index (χ4v) is 2.16. The van der Waals surface area contributed by atoms with Crippen molar-refractivity contribution >= 4 is 12.4 Å². The second-order valence-electron chi connectivity index (χ2n) is 7.19. The van der Waals surface area contributed by atoms with Crippen LogP contribution in [0.25, 0.3) is 0 Å². The monoisotopic (exact) mass is 284 g/mol. The van der Waals surface area contributed by atoms with E-state index in [1.807, 2.05) is 0 Å². The van der Waals surface area contributed by atoms with E-state index < -0.39 is 0 Å². The Balaban J connectivity index is 0. The van der Waals surface area contributed by atoms with Crippen LogP contribution in [0.4, 0.5) is 0 Å². The molecule has 0 amide bonds. The van der Waals surface area contributed by atoms with Gasteiger partial charge in [0, 0.05) is 24.8 Å². The normalized spacial score (nSPS) is 22.2. The summed E-state index contributed by atoms with van der Waals surface area (Å²) in [5, 5.41) is 0. The molecule has 0 aromatic carbocycles. The van der Waals surface area contributed by atoms with Gasteiger partial charge in [-0.05, 0) is 19.3 Å². The number of piperidine rings is 1. The molecule has 0 saturated carbocycles. The molecular weight excluding hydrogens is 255 g/mol. The summed E-state index contributed by atoms with van der Waals surface area (Å²) in [6.07, 6.45) is 3.84. The van der Waals surface area contributed by atoms with Gasteiger partial charge in [-0.2, -0.15) is 0 Å². The highest BCUT2D eigenvalue weighted by atomic mass is 35.5. The summed E-state index contributed by atoms with van der Waals surface area (Å²) in [4.78, 5) is 0. The molecule has 1 aliphatic heterocycles. The highest BCUT2D eigenvalue weighted by Crippen LogP contribution is 2.32. The van der Waals surface area contributed by atoms with Crippen molar-refractivity contribution in [3.8, 4) is 0 Å². The van der Waals surface area contributed by atoms with E-state index in [4.69, 9.17) is 5.73 Å². The van der Waals surface area contributed by atoms with E-state index in [2.05, 4.69) is 34.7 Å². The van der Waals surface area contributed by atoms with Gasteiger partial charge < -0.3 is 22.6 Å². The summed E-state index contributed by atoms with van der Waals surface area (Å²) in [7, 11) is 2.39. The summed E-state index contributed by atoms with van der Waals surface area (Å²) in [5.74, 6) is 0. The predicted octanol–water partition coefficient (Wildman–Crippen LogP) is -0.194. The van der Waals surface area contributed by atoms with Crippen LogP contribution in [-0.2, 0) is 0 Å². The molecule has 0 spiro atoms. The van der Waals surface area contributed by atoms with E-state index in [-0.39, 0.29) is 30.4 Å². The fourth-order valence-electron chi connectivity index (χ4n) is 2.16. The Morgan fingerprint density at radius 2 is 1.59 bits per heavy atom. The Bertz CT molecular complexity index is 212. The molecule has 17 heavy (non-hydrogen) atoms. The molecule has 2 N–H and O–H groups in total. The van der Waals surface area contributed by atoms with Crippen molar-refractivity contribution in [2.24, 2.45) is 11.1 Å². The predicted molar refractivity (Wildman–Crippen MR) is 73.9 cm³/mol.